The Labute approximate surface area is 581 Å². The first-order valence-electron chi connectivity index (χ1n) is 34.7. The van der Waals surface area contributed by atoms with Gasteiger partial charge in [0.15, 0.2) is 0 Å². The number of amides is 12. The molecule has 3 saturated heterocycles. The van der Waals surface area contributed by atoms with Crippen LogP contribution in [-0.4, -0.2) is 251 Å². The van der Waals surface area contributed by atoms with E-state index in [-0.39, 0.29) is 68.9 Å². The van der Waals surface area contributed by atoms with Gasteiger partial charge in [0, 0.05) is 69.0 Å². The summed E-state index contributed by atoms with van der Waals surface area (Å²) in [5.74, 6) is -9.66. The molecule has 9 atom stereocenters. The number of halogens is 4. The standard InChI is InChI=1S/C70H108ClF3N12O12/c1-16-32-69(8)68(98)84(15)60(44(5)6)67(97)83(14)54(65(95)85-33-22-19-23-34-85)39-56(88)81(12)52(36-43(3)4)61(91)76-59(45(7)17-2)66(96)80(11)41-57(89)78(9)42-58(90)82(13)53(38-46-25-20-18-21-26-46)64(94)79(10)40-55(87)75-50(63(93)86-35-24-27-51(86)62(92)77-69)31-29-47-28-30-48(49(71)37-47)70(72,73)74/h16,28,30,37,43-46,50-54,59-60H,1,17-27,29,31-36,38-42H2,2-15H3,(H,75,87)(H,76,91)(H,77,92)/t45-,50-,51-,52-,53-,54-,59-,60-,69+/m0/s1. The molecular weight excluding hydrogens is 1290 g/mol. The van der Waals surface area contributed by atoms with E-state index in [0.29, 0.717) is 32.4 Å². The predicted octanol–water partition coefficient (Wildman–Crippen LogP) is 5.52. The van der Waals surface area contributed by atoms with Crippen molar-refractivity contribution in [2.45, 2.75) is 212 Å². The molecule has 3 heterocycles. The first-order chi connectivity index (χ1) is 45.9. The molecule has 98 heavy (non-hydrogen) atoms. The lowest BCUT2D eigenvalue weighted by Gasteiger charge is -2.41. The van der Waals surface area contributed by atoms with Crippen molar-refractivity contribution in [1.29, 1.82) is 0 Å². The number of carbonyl (C=O) groups excluding carboxylic acids is 12. The van der Waals surface area contributed by atoms with E-state index >= 15 is 14.4 Å². The Bertz CT molecular complexity index is 3050. The molecule has 3 aliphatic heterocycles. The molecule has 1 aliphatic carbocycles. The summed E-state index contributed by atoms with van der Waals surface area (Å²) >= 11 is 6.13. The average Bonchev–Trinajstić information content (AvgIpc) is 0.833. The van der Waals surface area contributed by atoms with E-state index in [1.807, 2.05) is 20.8 Å². The topological polar surface area (TPSA) is 270 Å². The second-order valence-electron chi connectivity index (χ2n) is 28.6. The number of aryl methyl sites for hydroxylation is 1. The van der Waals surface area contributed by atoms with Crippen LogP contribution in [0.5, 0.6) is 0 Å². The summed E-state index contributed by atoms with van der Waals surface area (Å²) in [6.45, 7) is 14.9. The maximum atomic E-state index is 15.3. The molecule has 0 bridgehead atoms. The Kier molecular flexibility index (Phi) is 30.0. The molecule has 1 saturated carbocycles. The maximum Gasteiger partial charge on any atom is 0.417 e. The summed E-state index contributed by atoms with van der Waals surface area (Å²) in [7, 11) is 9.70. The quantitative estimate of drug-likeness (QED) is 0.206. The van der Waals surface area contributed by atoms with Crippen molar-refractivity contribution >= 4 is 82.5 Å². The maximum absolute atomic E-state index is 15.3. The number of alkyl halides is 3. The molecule has 1 aromatic carbocycles. The number of carbonyl (C=O) groups is 12. The zero-order valence-electron chi connectivity index (χ0n) is 60.1. The highest BCUT2D eigenvalue weighted by Crippen LogP contribution is 2.36. The third-order valence-electron chi connectivity index (χ3n) is 20.1. The molecule has 1 aromatic rings. The van der Waals surface area contributed by atoms with Crippen molar-refractivity contribution in [2.24, 2.45) is 23.7 Å². The van der Waals surface area contributed by atoms with Crippen LogP contribution in [0.15, 0.2) is 30.9 Å². The number of piperidine rings is 1. The van der Waals surface area contributed by atoms with Crippen molar-refractivity contribution < 1.29 is 70.7 Å². The second kappa shape index (κ2) is 36.1. The van der Waals surface area contributed by atoms with Gasteiger partial charge < -0.3 is 60.0 Å². The fourth-order valence-electron chi connectivity index (χ4n) is 13.8. The number of hydrogen-bond donors (Lipinski definition) is 3. The molecule has 0 unspecified atom stereocenters. The monoisotopic (exact) mass is 1400 g/mol. The average molecular weight is 1400 g/mol. The first kappa shape index (κ1) is 81.4. The molecule has 0 spiro atoms. The summed E-state index contributed by atoms with van der Waals surface area (Å²) in [6, 6.07) is -5.92. The van der Waals surface area contributed by atoms with Crippen LogP contribution in [-0.2, 0) is 70.1 Å². The van der Waals surface area contributed by atoms with E-state index < -0.39 is 173 Å². The Morgan fingerprint density at radius 1 is 0.684 bits per heavy atom. The van der Waals surface area contributed by atoms with Crippen LogP contribution in [0.4, 0.5) is 13.2 Å². The van der Waals surface area contributed by atoms with Crippen molar-refractivity contribution in [1.82, 2.24) is 60.0 Å². The highest BCUT2D eigenvalue weighted by molar-refractivity contribution is 6.31. The normalized spacial score (nSPS) is 26.4. The molecule has 0 radical (unpaired) electrons. The zero-order chi connectivity index (χ0) is 73.4. The van der Waals surface area contributed by atoms with Crippen molar-refractivity contribution in [3.63, 3.8) is 0 Å². The summed E-state index contributed by atoms with van der Waals surface area (Å²) in [6.07, 6.45) is 3.09. The van der Waals surface area contributed by atoms with Gasteiger partial charge in [0.05, 0.1) is 36.6 Å². The molecule has 4 fully saturated rings. The van der Waals surface area contributed by atoms with Gasteiger partial charge in [-0.2, -0.15) is 13.2 Å². The first-order valence-corrected chi connectivity index (χ1v) is 35.0. The van der Waals surface area contributed by atoms with E-state index in [9.17, 15) is 56.3 Å². The summed E-state index contributed by atoms with van der Waals surface area (Å²) in [5.41, 5.74) is -2.65. The number of likely N-dealkylation sites (tertiary alicyclic amines) is 1. The van der Waals surface area contributed by atoms with Gasteiger partial charge in [0.1, 0.15) is 47.8 Å². The van der Waals surface area contributed by atoms with Crippen molar-refractivity contribution in [3.05, 3.63) is 47.0 Å². The van der Waals surface area contributed by atoms with Gasteiger partial charge in [-0.1, -0.05) is 104 Å². The number of nitrogens with zero attached hydrogens (tertiary/aromatic N) is 9. The number of benzene rings is 1. The molecule has 548 valence electrons. The van der Waals surface area contributed by atoms with Gasteiger partial charge >= 0.3 is 6.18 Å². The Morgan fingerprint density at radius 2 is 1.29 bits per heavy atom. The third kappa shape index (κ3) is 21.1. The number of nitrogens with one attached hydrogen (secondary N) is 3. The fourth-order valence-corrected chi connectivity index (χ4v) is 14.1. The Hall–Kier alpha value is -7.32. The van der Waals surface area contributed by atoms with Crippen LogP contribution in [0.3, 0.4) is 0 Å². The van der Waals surface area contributed by atoms with Crippen molar-refractivity contribution in [2.75, 3.05) is 88.6 Å². The molecule has 3 N–H and O–H groups in total. The molecule has 24 nitrogen and oxygen atoms in total. The molecule has 28 heteroatoms. The van der Waals surface area contributed by atoms with Crippen LogP contribution >= 0.6 is 11.6 Å². The lowest BCUT2D eigenvalue weighted by molar-refractivity contribution is -0.156. The summed E-state index contributed by atoms with van der Waals surface area (Å²) < 4.78 is 41.5. The van der Waals surface area contributed by atoms with Crippen LogP contribution in [0.25, 0.3) is 0 Å². The Balaban J connectivity index is 1.62. The van der Waals surface area contributed by atoms with E-state index in [1.54, 1.807) is 25.7 Å². The molecule has 4 aliphatic rings. The zero-order valence-corrected chi connectivity index (χ0v) is 60.8. The minimum Gasteiger partial charge on any atom is -0.343 e. The second-order valence-corrected chi connectivity index (χ2v) is 29.0. The minimum absolute atomic E-state index is 0.00518. The van der Waals surface area contributed by atoms with E-state index in [0.717, 1.165) is 70.3 Å². The van der Waals surface area contributed by atoms with E-state index in [2.05, 4.69) is 22.5 Å². The number of fused-ring (bicyclic) bond motifs is 1. The number of rotatable bonds is 13. The molecular formula is C70H108ClF3N12O12. The minimum atomic E-state index is -4.77. The third-order valence-corrected chi connectivity index (χ3v) is 20.4. The van der Waals surface area contributed by atoms with Crippen LogP contribution in [0.1, 0.15) is 162 Å². The van der Waals surface area contributed by atoms with Gasteiger partial charge in [-0.25, -0.2) is 0 Å². The van der Waals surface area contributed by atoms with Gasteiger partial charge in [0.25, 0.3) is 0 Å². The van der Waals surface area contributed by atoms with Gasteiger partial charge in [0.2, 0.25) is 70.9 Å². The van der Waals surface area contributed by atoms with Gasteiger partial charge in [-0.05, 0) is 112 Å². The van der Waals surface area contributed by atoms with Crippen LogP contribution < -0.4 is 16.0 Å². The Morgan fingerprint density at radius 3 is 1.87 bits per heavy atom. The number of hydrogen-bond acceptors (Lipinski definition) is 12. The number of likely N-dealkylation sites (N-methyl/N-ethyl adjacent to an activating group) is 7. The highest BCUT2D eigenvalue weighted by Gasteiger charge is 2.48. The van der Waals surface area contributed by atoms with E-state index in [1.165, 1.54) is 88.0 Å². The largest absolute Gasteiger partial charge is 0.417 e. The van der Waals surface area contributed by atoms with Crippen LogP contribution in [0, 0.1) is 23.7 Å². The van der Waals surface area contributed by atoms with Crippen molar-refractivity contribution in [3.8, 4) is 0 Å². The predicted molar refractivity (Wildman–Crippen MR) is 364 cm³/mol. The summed E-state index contributed by atoms with van der Waals surface area (Å²) in [4.78, 5) is 188. The SMILES string of the molecule is C=CC[C@@]1(C)NC(=O)[C@@H]2CCCN2C(=O)[C@H](CCc2ccc(C(F)(F)F)c(Cl)c2)NC(=O)CN(C)C(=O)[C@H](CC2CCCCC2)N(C)C(=O)CN(C)C(=O)CN(C)C(=O)[C@H]([C@@H](C)CC)NC(=O)[C@H](CC(C)C)N(C)C(=O)C[C@@H](C(=O)N2CCCCC2)N(C)C(=O)[C@H](C(C)C)N(C)C1=O. The molecule has 0 aromatic heterocycles. The smallest absolute Gasteiger partial charge is 0.343 e. The fraction of sp³-hybridized carbons (Fsp3) is 0.714. The molecule has 5 rings (SSSR count). The van der Waals surface area contributed by atoms with Gasteiger partial charge in [-0.3, -0.25) is 57.5 Å². The van der Waals surface area contributed by atoms with Crippen LogP contribution in [0.2, 0.25) is 5.02 Å². The highest BCUT2D eigenvalue weighted by atomic mass is 35.5. The lowest BCUT2D eigenvalue weighted by Crippen LogP contribution is -2.64. The lowest BCUT2D eigenvalue weighted by atomic mass is 9.84. The summed E-state index contributed by atoms with van der Waals surface area (Å²) in [5, 5.41) is 7.87. The van der Waals surface area contributed by atoms with Gasteiger partial charge in [-0.15, -0.1) is 6.58 Å². The molecule has 12 amide bonds. The van der Waals surface area contributed by atoms with E-state index in [4.69, 9.17) is 11.6 Å².